The molecule has 1 fully saturated rings. The van der Waals surface area contributed by atoms with Crippen LogP contribution in [0.3, 0.4) is 0 Å². The molecule has 1 heterocycles. The van der Waals surface area contributed by atoms with Gasteiger partial charge >= 0.3 is 0 Å². The quantitative estimate of drug-likeness (QED) is 0.741. The van der Waals surface area contributed by atoms with Gasteiger partial charge in [0.25, 0.3) is 0 Å². The van der Waals surface area contributed by atoms with Crippen LogP contribution < -0.4 is 0 Å². The number of benzene rings is 1. The molecule has 0 radical (unpaired) electrons. The number of terminal acetylenes is 1. The van der Waals surface area contributed by atoms with Crippen molar-refractivity contribution >= 4 is 0 Å². The highest BCUT2D eigenvalue weighted by Gasteiger charge is 2.36. The highest BCUT2D eigenvalue weighted by molar-refractivity contribution is 5.16. The van der Waals surface area contributed by atoms with Crippen molar-refractivity contribution in [2.24, 2.45) is 0 Å². The lowest BCUT2D eigenvalue weighted by molar-refractivity contribution is -0.341. The highest BCUT2D eigenvalue weighted by atomic mass is 16.7. The SMILES string of the molecule is C#CCN1OCCOC1(C)Cc1ccccc1. The third-order valence-electron chi connectivity index (χ3n) is 2.88. The van der Waals surface area contributed by atoms with Gasteiger partial charge < -0.3 is 4.74 Å². The smallest absolute Gasteiger partial charge is 0.146 e. The summed E-state index contributed by atoms with van der Waals surface area (Å²) in [5.74, 6) is 2.60. The molecule has 1 aliphatic heterocycles. The minimum atomic E-state index is -0.480. The number of hydroxylamine groups is 2. The Morgan fingerprint density at radius 1 is 1.35 bits per heavy atom. The molecule has 17 heavy (non-hydrogen) atoms. The van der Waals surface area contributed by atoms with E-state index in [2.05, 4.69) is 18.1 Å². The van der Waals surface area contributed by atoms with Gasteiger partial charge in [0.15, 0.2) is 0 Å². The van der Waals surface area contributed by atoms with Crippen LogP contribution in [0, 0.1) is 12.3 Å². The zero-order valence-corrected chi connectivity index (χ0v) is 10.1. The van der Waals surface area contributed by atoms with Crippen molar-refractivity contribution in [3.63, 3.8) is 0 Å². The van der Waals surface area contributed by atoms with Gasteiger partial charge in [-0.15, -0.1) is 11.5 Å². The van der Waals surface area contributed by atoms with Gasteiger partial charge in [-0.05, 0) is 12.5 Å². The lowest BCUT2D eigenvalue weighted by Gasteiger charge is -2.42. The molecular weight excluding hydrogens is 214 g/mol. The zero-order valence-electron chi connectivity index (χ0n) is 10.1. The summed E-state index contributed by atoms with van der Waals surface area (Å²) < 4.78 is 5.84. The minimum Gasteiger partial charge on any atom is -0.356 e. The van der Waals surface area contributed by atoms with E-state index in [0.717, 1.165) is 6.42 Å². The Bertz CT molecular complexity index is 398. The summed E-state index contributed by atoms with van der Waals surface area (Å²) in [5, 5.41) is 1.75. The van der Waals surface area contributed by atoms with E-state index in [9.17, 15) is 0 Å². The van der Waals surface area contributed by atoms with Crippen LogP contribution in [-0.4, -0.2) is 30.5 Å². The maximum absolute atomic E-state index is 5.84. The van der Waals surface area contributed by atoms with Gasteiger partial charge in [0.05, 0.1) is 19.8 Å². The molecule has 1 saturated heterocycles. The van der Waals surface area contributed by atoms with Crippen LogP contribution in [0.25, 0.3) is 0 Å². The Morgan fingerprint density at radius 2 is 2.12 bits per heavy atom. The first-order valence-electron chi connectivity index (χ1n) is 5.76. The fraction of sp³-hybridized carbons (Fsp3) is 0.429. The van der Waals surface area contributed by atoms with Gasteiger partial charge in [-0.2, -0.15) is 0 Å². The summed E-state index contributed by atoms with van der Waals surface area (Å²) in [6, 6.07) is 10.2. The second kappa shape index (κ2) is 5.33. The largest absolute Gasteiger partial charge is 0.356 e. The fourth-order valence-corrected chi connectivity index (χ4v) is 2.03. The molecule has 1 aromatic carbocycles. The van der Waals surface area contributed by atoms with Crippen LogP contribution >= 0.6 is 0 Å². The molecule has 3 heteroatoms. The van der Waals surface area contributed by atoms with Gasteiger partial charge in [0.1, 0.15) is 5.72 Å². The number of hydrogen-bond donors (Lipinski definition) is 0. The molecule has 2 rings (SSSR count). The summed E-state index contributed by atoms with van der Waals surface area (Å²) in [6.45, 7) is 3.61. The van der Waals surface area contributed by atoms with Gasteiger partial charge in [-0.1, -0.05) is 36.3 Å². The van der Waals surface area contributed by atoms with Crippen molar-refractivity contribution in [1.29, 1.82) is 0 Å². The average molecular weight is 231 g/mol. The number of hydrogen-bond acceptors (Lipinski definition) is 3. The Labute approximate surface area is 102 Å². The second-order valence-electron chi connectivity index (χ2n) is 4.26. The van der Waals surface area contributed by atoms with Gasteiger partial charge in [0.2, 0.25) is 0 Å². The first kappa shape index (κ1) is 12.1. The van der Waals surface area contributed by atoms with Crippen LogP contribution in [0.4, 0.5) is 0 Å². The topological polar surface area (TPSA) is 21.7 Å². The van der Waals surface area contributed by atoms with E-state index >= 15 is 0 Å². The maximum Gasteiger partial charge on any atom is 0.146 e. The summed E-state index contributed by atoms with van der Waals surface area (Å²) in [5.41, 5.74) is 0.730. The Kier molecular flexibility index (Phi) is 3.80. The third-order valence-corrected chi connectivity index (χ3v) is 2.88. The summed E-state index contributed by atoms with van der Waals surface area (Å²) in [4.78, 5) is 5.57. The second-order valence-corrected chi connectivity index (χ2v) is 4.26. The lowest BCUT2D eigenvalue weighted by Crippen LogP contribution is -2.54. The van der Waals surface area contributed by atoms with E-state index in [1.54, 1.807) is 5.06 Å². The lowest BCUT2D eigenvalue weighted by atomic mass is 10.0. The molecule has 1 aliphatic rings. The predicted molar refractivity (Wildman–Crippen MR) is 66.0 cm³/mol. The van der Waals surface area contributed by atoms with E-state index in [0.29, 0.717) is 19.8 Å². The number of nitrogens with zero attached hydrogens (tertiary/aromatic N) is 1. The van der Waals surface area contributed by atoms with E-state index in [1.165, 1.54) is 5.56 Å². The van der Waals surface area contributed by atoms with Crippen molar-refractivity contribution in [1.82, 2.24) is 5.06 Å². The predicted octanol–water partition coefficient (Wildman–Crippen LogP) is 1.84. The standard InChI is InChI=1S/C14H17NO2/c1-3-9-15-14(2,16-10-11-17-15)12-13-7-5-4-6-8-13/h1,4-8H,9-12H2,2H3. The van der Waals surface area contributed by atoms with Crippen molar-refractivity contribution in [3.05, 3.63) is 35.9 Å². The molecule has 0 N–H and O–H groups in total. The van der Waals surface area contributed by atoms with Crippen LogP contribution in [-0.2, 0) is 16.0 Å². The molecule has 1 unspecified atom stereocenters. The highest BCUT2D eigenvalue weighted by Crippen LogP contribution is 2.25. The summed E-state index contributed by atoms with van der Waals surface area (Å²) in [7, 11) is 0. The van der Waals surface area contributed by atoms with Crippen molar-refractivity contribution < 1.29 is 9.57 Å². The Balaban J connectivity index is 2.12. The molecule has 1 aromatic rings. The Hall–Kier alpha value is -1.34. The summed E-state index contributed by atoms with van der Waals surface area (Å²) in [6.07, 6.45) is 6.11. The van der Waals surface area contributed by atoms with Crippen molar-refractivity contribution in [2.75, 3.05) is 19.8 Å². The van der Waals surface area contributed by atoms with E-state index in [-0.39, 0.29) is 0 Å². The monoisotopic (exact) mass is 231 g/mol. The maximum atomic E-state index is 5.84. The summed E-state index contributed by atoms with van der Waals surface area (Å²) >= 11 is 0. The van der Waals surface area contributed by atoms with Gasteiger partial charge in [-0.25, -0.2) is 0 Å². The molecule has 0 bridgehead atoms. The van der Waals surface area contributed by atoms with Crippen LogP contribution in [0.5, 0.6) is 0 Å². The average Bonchev–Trinajstić information content (AvgIpc) is 2.34. The third kappa shape index (κ3) is 2.86. The van der Waals surface area contributed by atoms with Crippen LogP contribution in [0.2, 0.25) is 0 Å². The number of rotatable bonds is 3. The molecular formula is C14H17NO2. The molecule has 90 valence electrons. The molecule has 0 spiro atoms. The molecule has 1 atom stereocenters. The molecule has 3 nitrogen and oxygen atoms in total. The Morgan fingerprint density at radius 3 is 2.82 bits per heavy atom. The van der Waals surface area contributed by atoms with E-state index < -0.39 is 5.72 Å². The molecule has 0 aliphatic carbocycles. The van der Waals surface area contributed by atoms with Crippen LogP contribution in [0.15, 0.2) is 30.3 Å². The normalized spacial score (nSPS) is 25.4. The molecule has 0 saturated carbocycles. The van der Waals surface area contributed by atoms with Gasteiger partial charge in [-0.3, -0.25) is 4.84 Å². The minimum absolute atomic E-state index is 0.434. The van der Waals surface area contributed by atoms with Crippen molar-refractivity contribution in [3.8, 4) is 12.3 Å². The van der Waals surface area contributed by atoms with Crippen molar-refractivity contribution in [2.45, 2.75) is 19.1 Å². The fourth-order valence-electron chi connectivity index (χ4n) is 2.03. The van der Waals surface area contributed by atoms with E-state index in [4.69, 9.17) is 16.0 Å². The molecule has 0 aromatic heterocycles. The number of ether oxygens (including phenoxy) is 1. The van der Waals surface area contributed by atoms with Crippen LogP contribution in [0.1, 0.15) is 12.5 Å². The first-order valence-corrected chi connectivity index (χ1v) is 5.76. The van der Waals surface area contributed by atoms with E-state index in [1.807, 2.05) is 25.1 Å². The zero-order chi connectivity index (χ0) is 12.1. The first-order chi connectivity index (χ1) is 8.24. The molecule has 0 amide bonds. The van der Waals surface area contributed by atoms with Gasteiger partial charge in [0, 0.05) is 6.42 Å².